The largest absolute Gasteiger partial charge is 0.125 e. The van der Waals surface area contributed by atoms with Crippen LogP contribution in [0.2, 0.25) is 0 Å². The molecule has 0 atom stereocenters. The normalized spacial score (nSPS) is 8.62. The van der Waals surface area contributed by atoms with Gasteiger partial charge in [-0.2, -0.15) is 0 Å². The van der Waals surface area contributed by atoms with Crippen LogP contribution < -0.4 is 0 Å². The summed E-state index contributed by atoms with van der Waals surface area (Å²) < 4.78 is 0. The Balaban J connectivity index is 2.36. The van der Waals surface area contributed by atoms with Crippen molar-refractivity contribution in [3.63, 3.8) is 0 Å². The van der Waals surface area contributed by atoms with Crippen molar-refractivity contribution in [2.75, 3.05) is 0 Å². The molecule has 1 aromatic carbocycles. The second-order valence-electron chi connectivity index (χ2n) is 2.80. The molecule has 13 heavy (non-hydrogen) atoms. The van der Waals surface area contributed by atoms with Gasteiger partial charge in [-0.25, -0.2) is 0 Å². The molecule has 1 rings (SSSR count). The van der Waals surface area contributed by atoms with Gasteiger partial charge in [0.1, 0.15) is 0 Å². The van der Waals surface area contributed by atoms with E-state index < -0.39 is 0 Å². The smallest absolute Gasteiger partial charge is 0.0209 e. The molecule has 0 fully saturated rings. The number of benzene rings is 1. The molecule has 0 saturated heterocycles. The highest BCUT2D eigenvalue weighted by Crippen LogP contribution is 2.01. The summed E-state index contributed by atoms with van der Waals surface area (Å²) >= 11 is 0. The Labute approximate surface area is 79.9 Å². The molecule has 0 aliphatic rings. The third-order valence-corrected chi connectivity index (χ3v) is 1.75. The van der Waals surface area contributed by atoms with E-state index >= 15 is 0 Å². The Morgan fingerprint density at radius 1 is 1.23 bits per heavy atom. The van der Waals surface area contributed by atoms with Gasteiger partial charge in [0.15, 0.2) is 0 Å². The lowest BCUT2D eigenvalue weighted by molar-refractivity contribution is 1.00. The number of aryl methyl sites for hydroxylation is 1. The third kappa shape index (κ3) is 4.15. The maximum absolute atomic E-state index is 3.58. The van der Waals surface area contributed by atoms with E-state index in [0.717, 1.165) is 12.8 Å². The van der Waals surface area contributed by atoms with Gasteiger partial charge in [-0.15, -0.1) is 5.73 Å². The van der Waals surface area contributed by atoms with Crippen LogP contribution in [-0.2, 0) is 6.42 Å². The minimum absolute atomic E-state index is 1.04. The van der Waals surface area contributed by atoms with E-state index in [9.17, 15) is 0 Å². The van der Waals surface area contributed by atoms with Crippen molar-refractivity contribution in [3.05, 3.63) is 66.4 Å². The Morgan fingerprint density at radius 3 is 2.69 bits per heavy atom. The van der Waals surface area contributed by atoms with Gasteiger partial charge in [-0.3, -0.25) is 0 Å². The fourth-order valence-corrected chi connectivity index (χ4v) is 1.10. The molecule has 0 heteroatoms. The Kier molecular flexibility index (Phi) is 4.45. The summed E-state index contributed by atoms with van der Waals surface area (Å²) in [6.07, 6.45) is 7.71. The molecule has 0 aliphatic heterocycles. The molecule has 0 unspecified atom stereocenters. The molecule has 66 valence electrons. The molecular weight excluding hydrogens is 156 g/mol. The van der Waals surface area contributed by atoms with Gasteiger partial charge in [0.05, 0.1) is 0 Å². The molecule has 1 aromatic rings. The minimum Gasteiger partial charge on any atom is -0.125 e. The van der Waals surface area contributed by atoms with Gasteiger partial charge in [0.25, 0.3) is 0 Å². The Hall–Kier alpha value is -1.52. The average molecular weight is 170 g/mol. The van der Waals surface area contributed by atoms with E-state index in [2.05, 4.69) is 36.6 Å². The lowest BCUT2D eigenvalue weighted by Gasteiger charge is -1.94. The highest BCUT2D eigenvalue weighted by atomic mass is 13.9. The Morgan fingerprint density at radius 2 is 2.00 bits per heavy atom. The molecule has 0 radical (unpaired) electrons. The molecule has 0 spiro atoms. The fourth-order valence-electron chi connectivity index (χ4n) is 1.10. The van der Waals surface area contributed by atoms with Crippen molar-refractivity contribution in [2.24, 2.45) is 0 Å². The molecule has 0 bridgehead atoms. The summed E-state index contributed by atoms with van der Waals surface area (Å²) in [6, 6.07) is 10.5. The molecule has 0 heterocycles. The molecular formula is C13H14. The highest BCUT2D eigenvalue weighted by molar-refractivity contribution is 5.15. The molecule has 0 N–H and O–H groups in total. The van der Waals surface area contributed by atoms with Gasteiger partial charge in [0.2, 0.25) is 0 Å². The van der Waals surface area contributed by atoms with Gasteiger partial charge < -0.3 is 0 Å². The highest BCUT2D eigenvalue weighted by Gasteiger charge is 1.86. The first-order valence-electron chi connectivity index (χ1n) is 4.49. The number of allylic oxidation sites excluding steroid dienone is 2. The molecule has 0 amide bonds. The van der Waals surface area contributed by atoms with Crippen molar-refractivity contribution in [2.45, 2.75) is 12.8 Å². The first-order chi connectivity index (χ1) is 6.43. The first kappa shape index (κ1) is 9.57. The van der Waals surface area contributed by atoms with Crippen LogP contribution >= 0.6 is 0 Å². The third-order valence-electron chi connectivity index (χ3n) is 1.75. The van der Waals surface area contributed by atoms with Crippen LogP contribution in [-0.4, -0.2) is 0 Å². The van der Waals surface area contributed by atoms with Crippen LogP contribution in [0.5, 0.6) is 0 Å². The fraction of sp³-hybridized carbons (Fsp3) is 0.154. The maximum atomic E-state index is 3.58. The lowest BCUT2D eigenvalue weighted by atomic mass is 10.1. The zero-order chi connectivity index (χ0) is 9.36. The van der Waals surface area contributed by atoms with Crippen LogP contribution in [0.25, 0.3) is 0 Å². The van der Waals surface area contributed by atoms with Crippen LogP contribution in [0, 0.1) is 0 Å². The van der Waals surface area contributed by atoms with Crippen molar-refractivity contribution in [1.29, 1.82) is 0 Å². The lowest BCUT2D eigenvalue weighted by Crippen LogP contribution is -1.80. The summed E-state index contributed by atoms with van der Waals surface area (Å²) in [4.78, 5) is 0. The monoisotopic (exact) mass is 170 g/mol. The van der Waals surface area contributed by atoms with E-state index in [1.807, 2.05) is 18.2 Å². The summed E-state index contributed by atoms with van der Waals surface area (Å²) in [7, 11) is 0. The summed E-state index contributed by atoms with van der Waals surface area (Å²) in [5.74, 6) is 0. The standard InChI is InChI=1S/C13H14/c1-2-3-4-5-7-10-13-11-8-6-9-12-13/h2-3,5-6,8-9,11-12H,1,7,10H2. The number of hydrogen-bond donors (Lipinski definition) is 0. The van der Waals surface area contributed by atoms with Crippen LogP contribution in [0.4, 0.5) is 0 Å². The predicted molar refractivity (Wildman–Crippen MR) is 57.6 cm³/mol. The predicted octanol–water partition coefficient (Wildman–Crippen LogP) is 3.52. The minimum atomic E-state index is 1.04. The second kappa shape index (κ2) is 6.05. The SMILES string of the molecule is C=CC=C=CCCc1ccccc1. The summed E-state index contributed by atoms with van der Waals surface area (Å²) in [6.45, 7) is 3.58. The molecule has 0 nitrogen and oxygen atoms in total. The quantitative estimate of drug-likeness (QED) is 0.479. The Bertz CT molecular complexity index is 300. The van der Waals surface area contributed by atoms with Crippen LogP contribution in [0.1, 0.15) is 12.0 Å². The van der Waals surface area contributed by atoms with Crippen molar-refractivity contribution >= 4 is 0 Å². The maximum Gasteiger partial charge on any atom is -0.0209 e. The van der Waals surface area contributed by atoms with Crippen LogP contribution in [0.15, 0.2) is 60.9 Å². The van der Waals surface area contributed by atoms with Gasteiger partial charge in [-0.1, -0.05) is 43.0 Å². The molecule has 0 saturated carbocycles. The van der Waals surface area contributed by atoms with E-state index in [4.69, 9.17) is 0 Å². The zero-order valence-corrected chi connectivity index (χ0v) is 7.74. The van der Waals surface area contributed by atoms with Crippen molar-refractivity contribution < 1.29 is 0 Å². The van der Waals surface area contributed by atoms with E-state index in [-0.39, 0.29) is 0 Å². The van der Waals surface area contributed by atoms with Gasteiger partial charge in [0, 0.05) is 0 Å². The second-order valence-corrected chi connectivity index (χ2v) is 2.80. The van der Waals surface area contributed by atoms with Crippen LogP contribution in [0.3, 0.4) is 0 Å². The number of hydrogen-bond acceptors (Lipinski definition) is 0. The van der Waals surface area contributed by atoms with Crippen molar-refractivity contribution in [1.82, 2.24) is 0 Å². The van der Waals surface area contributed by atoms with Crippen molar-refractivity contribution in [3.8, 4) is 0 Å². The van der Waals surface area contributed by atoms with Gasteiger partial charge in [-0.05, 0) is 30.6 Å². The average Bonchev–Trinajstić information content (AvgIpc) is 2.19. The van der Waals surface area contributed by atoms with E-state index in [0.29, 0.717) is 0 Å². The van der Waals surface area contributed by atoms with E-state index in [1.54, 1.807) is 6.08 Å². The van der Waals surface area contributed by atoms with E-state index in [1.165, 1.54) is 5.56 Å². The first-order valence-corrected chi connectivity index (χ1v) is 4.49. The summed E-state index contributed by atoms with van der Waals surface area (Å²) in [5, 5.41) is 0. The zero-order valence-electron chi connectivity index (χ0n) is 7.74. The van der Waals surface area contributed by atoms with Gasteiger partial charge >= 0.3 is 0 Å². The summed E-state index contributed by atoms with van der Waals surface area (Å²) in [5.41, 5.74) is 4.41. The topological polar surface area (TPSA) is 0 Å². The molecule has 0 aliphatic carbocycles. The molecule has 0 aromatic heterocycles. The number of rotatable bonds is 4.